The Kier molecular flexibility index (Phi) is 13.2. The highest BCUT2D eigenvalue weighted by Crippen LogP contribution is 2.30. The van der Waals surface area contributed by atoms with Crippen LogP contribution in [0.3, 0.4) is 0 Å². The lowest BCUT2D eigenvalue weighted by molar-refractivity contribution is 0.312. The van der Waals surface area contributed by atoms with E-state index in [-0.39, 0.29) is 65.3 Å². The molecule has 1 aliphatic heterocycles. The largest absolute Gasteiger partial charge is 0.369 e. The Morgan fingerprint density at radius 1 is 0.609 bits per heavy atom. The van der Waals surface area contributed by atoms with E-state index < -0.39 is 22.5 Å². The summed E-state index contributed by atoms with van der Waals surface area (Å²) in [5.41, 5.74) is 0.857. The van der Waals surface area contributed by atoms with E-state index in [2.05, 4.69) is 65.3 Å². The quantitative estimate of drug-likeness (QED) is 0.129. The Balaban J connectivity index is 0.000000185. The first kappa shape index (κ1) is 47.3. The van der Waals surface area contributed by atoms with Gasteiger partial charge >= 0.3 is 11.4 Å². The molecule has 0 radical (unpaired) electrons. The zero-order valence-electron chi connectivity index (χ0n) is 37.3. The molecule has 3 aromatic carbocycles. The van der Waals surface area contributed by atoms with E-state index in [1.54, 1.807) is 90.6 Å². The number of nitrogens with one attached hydrogen (secondary N) is 1. The summed E-state index contributed by atoms with van der Waals surface area (Å²) in [6, 6.07) is 18.9. The van der Waals surface area contributed by atoms with Crippen LogP contribution in [0.5, 0.6) is 0 Å². The van der Waals surface area contributed by atoms with Crippen molar-refractivity contribution in [2.24, 2.45) is 14.1 Å². The molecule has 7 heterocycles. The molecule has 19 nitrogen and oxygen atoms in total. The number of aryl methyl sites for hydroxylation is 3. The van der Waals surface area contributed by atoms with Crippen molar-refractivity contribution in [2.75, 3.05) is 49.7 Å². The van der Waals surface area contributed by atoms with Crippen molar-refractivity contribution in [1.29, 1.82) is 0 Å². The molecule has 1 fully saturated rings. The number of benzene rings is 3. The number of halogens is 4. The number of likely N-dealkylation sites (N-methyl/N-ethyl adjacent to an activating group) is 1. The predicted octanol–water partition coefficient (Wildman–Crippen LogP) is 6.47. The molecule has 0 amide bonds. The summed E-state index contributed by atoms with van der Waals surface area (Å²) in [6.45, 7) is 6.06. The SMILES string of the molecule is CSc1ncc2c(=O)n(-c3c(Cl)cccc3Cl)c(=O)n(-c3ccn(C)n3)c2n1.Cc1cc(Nc2ncc3c(=O)n(-c4c(Cl)cccc4Cl)c(=O)n(-c4ccn(C)n4)c3n2)ccc1N1CCN(C)CC1. The van der Waals surface area contributed by atoms with Gasteiger partial charge in [0.2, 0.25) is 5.95 Å². The fourth-order valence-corrected chi connectivity index (χ4v) is 9.32. The van der Waals surface area contributed by atoms with E-state index >= 15 is 0 Å². The van der Waals surface area contributed by atoms with Crippen LogP contribution in [0.4, 0.5) is 17.3 Å². The molecule has 0 spiro atoms. The Morgan fingerprint density at radius 3 is 1.57 bits per heavy atom. The second kappa shape index (κ2) is 19.3. The van der Waals surface area contributed by atoms with Crippen molar-refractivity contribution in [3.8, 4) is 23.0 Å². The van der Waals surface area contributed by atoms with Gasteiger partial charge in [-0.25, -0.2) is 42.8 Å². The topological polar surface area (TPSA) is 194 Å². The lowest BCUT2D eigenvalue weighted by atomic mass is 10.1. The molecular formula is C45H39Cl4N15O4S. The van der Waals surface area contributed by atoms with E-state index in [1.807, 2.05) is 12.1 Å². The van der Waals surface area contributed by atoms with Crippen LogP contribution >= 0.6 is 58.2 Å². The van der Waals surface area contributed by atoms with E-state index in [0.29, 0.717) is 11.0 Å². The van der Waals surface area contributed by atoms with Crippen LogP contribution in [0.1, 0.15) is 5.56 Å². The number of hydrogen-bond donors (Lipinski definition) is 1. The molecule has 10 rings (SSSR count). The first-order chi connectivity index (χ1) is 33.1. The number of piperazine rings is 1. The summed E-state index contributed by atoms with van der Waals surface area (Å²) in [4.78, 5) is 76.4. The molecule has 9 aromatic rings. The third-order valence-electron chi connectivity index (χ3n) is 11.2. The zero-order chi connectivity index (χ0) is 48.8. The van der Waals surface area contributed by atoms with Crippen LogP contribution in [0.15, 0.2) is 116 Å². The average Bonchev–Trinajstić information content (AvgIpc) is 3.96. The predicted molar refractivity (Wildman–Crippen MR) is 271 cm³/mol. The number of aromatic nitrogens is 12. The standard InChI is InChI=1S/C28H27Cl2N9O2.C17H12Cl2N6O2S/c1-17-15-18(7-8-22(17)37-13-11-35(2)12-14-37)32-27-31-16-19-25(33-27)38(23-9-10-36(3)34-23)28(41)39(26(19)40)24-20(29)5-4-6-21(24)30;1-23-7-6-12(22-23)24-14-9(8-20-16(21-14)28-2)15(26)25(17(24)27)13-10(18)4-3-5-11(13)19/h4-10,15-16H,11-14H2,1-3H3,(H,31,32,33);3-8H,1-2H3. The second-order valence-corrected chi connectivity index (χ2v) is 18.2. The molecule has 0 atom stereocenters. The van der Waals surface area contributed by atoms with E-state index in [4.69, 9.17) is 46.4 Å². The normalized spacial score (nSPS) is 13.0. The van der Waals surface area contributed by atoms with Crippen molar-refractivity contribution >= 4 is 97.6 Å². The third-order valence-corrected chi connectivity index (χ3v) is 13.0. The molecule has 1 saturated heterocycles. The summed E-state index contributed by atoms with van der Waals surface area (Å²) in [5, 5.41) is 13.2. The molecule has 24 heteroatoms. The number of fused-ring (bicyclic) bond motifs is 2. The van der Waals surface area contributed by atoms with Crippen LogP contribution in [0.25, 0.3) is 45.1 Å². The number of thioether (sulfide) groups is 1. The minimum Gasteiger partial charge on any atom is -0.369 e. The first-order valence-electron chi connectivity index (χ1n) is 21.0. The molecule has 0 saturated carbocycles. The second-order valence-electron chi connectivity index (χ2n) is 15.8. The maximum absolute atomic E-state index is 13.9. The van der Waals surface area contributed by atoms with Crippen LogP contribution in [-0.4, -0.2) is 102 Å². The van der Waals surface area contributed by atoms with Crippen molar-refractivity contribution in [2.45, 2.75) is 12.1 Å². The van der Waals surface area contributed by atoms with Gasteiger partial charge < -0.3 is 15.1 Å². The Labute approximate surface area is 415 Å². The lowest BCUT2D eigenvalue weighted by Crippen LogP contribution is -2.44. The molecular weight excluding hydrogens is 988 g/mol. The van der Waals surface area contributed by atoms with Crippen molar-refractivity contribution in [3.63, 3.8) is 0 Å². The highest BCUT2D eigenvalue weighted by Gasteiger charge is 2.24. The lowest BCUT2D eigenvalue weighted by Gasteiger charge is -2.35. The van der Waals surface area contributed by atoms with Crippen LogP contribution in [0, 0.1) is 6.92 Å². The monoisotopic (exact) mass is 1030 g/mol. The maximum atomic E-state index is 13.9. The summed E-state index contributed by atoms with van der Waals surface area (Å²) in [5.74, 6) is 0.804. The zero-order valence-corrected chi connectivity index (χ0v) is 41.1. The highest BCUT2D eigenvalue weighted by molar-refractivity contribution is 7.98. The summed E-state index contributed by atoms with van der Waals surface area (Å²) in [6.07, 6.45) is 7.95. The third kappa shape index (κ3) is 9.02. The van der Waals surface area contributed by atoms with Crippen molar-refractivity contribution < 1.29 is 0 Å². The molecule has 1 aliphatic rings. The summed E-state index contributed by atoms with van der Waals surface area (Å²) < 4.78 is 7.45. The molecule has 0 aliphatic carbocycles. The summed E-state index contributed by atoms with van der Waals surface area (Å²) >= 11 is 26.6. The Hall–Kier alpha value is -6.81. The van der Waals surface area contributed by atoms with Crippen LogP contribution < -0.4 is 32.7 Å². The smallest absolute Gasteiger partial charge is 0.343 e. The first-order valence-corrected chi connectivity index (χ1v) is 23.7. The minimum absolute atomic E-state index is 0.0792. The van der Waals surface area contributed by atoms with Gasteiger partial charge in [0.15, 0.2) is 28.1 Å². The van der Waals surface area contributed by atoms with Gasteiger partial charge in [-0.05, 0) is 68.3 Å². The highest BCUT2D eigenvalue weighted by atomic mass is 35.5. The molecule has 0 unspecified atom stereocenters. The molecule has 0 bridgehead atoms. The van der Waals surface area contributed by atoms with Gasteiger partial charge in [-0.2, -0.15) is 15.2 Å². The van der Waals surface area contributed by atoms with Gasteiger partial charge in [0.05, 0.1) is 31.5 Å². The maximum Gasteiger partial charge on any atom is 0.343 e. The number of rotatable bonds is 8. The van der Waals surface area contributed by atoms with E-state index in [1.165, 1.54) is 39.0 Å². The van der Waals surface area contributed by atoms with Gasteiger partial charge in [-0.3, -0.25) is 19.0 Å². The number of nitrogens with zero attached hydrogens (tertiary/aromatic N) is 14. The van der Waals surface area contributed by atoms with Crippen molar-refractivity contribution in [1.82, 2.24) is 62.7 Å². The fourth-order valence-electron chi connectivity index (χ4n) is 7.85. The average molecular weight is 1030 g/mol. The Bertz CT molecular complexity index is 3690. The number of hydrogen-bond acceptors (Lipinski definition) is 14. The molecule has 6 aromatic heterocycles. The molecule has 1 N–H and O–H groups in total. The van der Waals surface area contributed by atoms with Crippen molar-refractivity contribution in [3.05, 3.63) is 159 Å². The van der Waals surface area contributed by atoms with E-state index in [9.17, 15) is 19.2 Å². The van der Waals surface area contributed by atoms with Gasteiger partial charge in [0.25, 0.3) is 11.1 Å². The van der Waals surface area contributed by atoms with Gasteiger partial charge in [0, 0.05) is 88.6 Å². The number of para-hydroxylation sites is 2. The van der Waals surface area contributed by atoms with Gasteiger partial charge in [-0.1, -0.05) is 70.3 Å². The summed E-state index contributed by atoms with van der Waals surface area (Å²) in [7, 11) is 5.59. The van der Waals surface area contributed by atoms with Gasteiger partial charge in [-0.15, -0.1) is 0 Å². The minimum atomic E-state index is -0.715. The Morgan fingerprint density at radius 2 is 1.10 bits per heavy atom. The van der Waals surface area contributed by atoms with Gasteiger partial charge in [0.1, 0.15) is 10.8 Å². The molecule has 352 valence electrons. The van der Waals surface area contributed by atoms with Crippen LogP contribution in [0.2, 0.25) is 20.1 Å². The fraction of sp³-hybridized carbons (Fsp3) is 0.200. The van der Waals surface area contributed by atoms with E-state index in [0.717, 1.165) is 46.6 Å². The number of anilines is 3. The van der Waals surface area contributed by atoms with Crippen LogP contribution in [-0.2, 0) is 14.1 Å². The molecule has 69 heavy (non-hydrogen) atoms.